The van der Waals surface area contributed by atoms with Gasteiger partial charge >= 0.3 is 0 Å². The molecule has 0 aromatic rings. The topological polar surface area (TPSA) is 26.0 Å². The van der Waals surface area contributed by atoms with Crippen LogP contribution in [-0.4, -0.2) is 4.43 Å². The number of rotatable bonds is 10. The number of nitrogens with two attached hydrogens (primary N) is 1. The molecule has 0 rings (SSSR count). The van der Waals surface area contributed by atoms with E-state index < -0.39 is 0 Å². The first-order valence-corrected chi connectivity index (χ1v) is 8.45. The van der Waals surface area contributed by atoms with Crippen LogP contribution in [0.15, 0.2) is 36.6 Å². The minimum absolute atomic E-state index is 0.842. The third kappa shape index (κ3) is 9.75. The normalized spacial score (nSPS) is 15.3. The van der Waals surface area contributed by atoms with Crippen molar-refractivity contribution in [2.24, 2.45) is 17.6 Å². The van der Waals surface area contributed by atoms with Gasteiger partial charge in [-0.15, -0.1) is 0 Å². The highest BCUT2D eigenvalue weighted by Gasteiger charge is 2.09. The molecule has 0 aromatic heterocycles. The molecule has 0 saturated heterocycles. The molecule has 2 heteroatoms. The highest BCUT2D eigenvalue weighted by molar-refractivity contribution is 14.1. The predicted octanol–water partition coefficient (Wildman–Crippen LogP) is 5.23. The van der Waals surface area contributed by atoms with E-state index in [2.05, 4.69) is 49.1 Å². The van der Waals surface area contributed by atoms with Crippen LogP contribution in [0.4, 0.5) is 0 Å². The summed E-state index contributed by atoms with van der Waals surface area (Å²) in [5, 5.41) is 0. The van der Waals surface area contributed by atoms with Gasteiger partial charge in [0, 0.05) is 4.43 Å². The molecule has 104 valence electrons. The Balaban J connectivity index is 3.88. The van der Waals surface area contributed by atoms with Gasteiger partial charge in [0.05, 0.1) is 0 Å². The Bertz CT molecular complexity index is 268. The Labute approximate surface area is 127 Å². The number of halogens is 1. The Morgan fingerprint density at radius 2 is 2.00 bits per heavy atom. The fraction of sp³-hybridized carbons (Fsp3) is 0.625. The van der Waals surface area contributed by atoms with Crippen LogP contribution in [0.2, 0.25) is 0 Å². The largest absolute Gasteiger partial charge is 0.405 e. The van der Waals surface area contributed by atoms with E-state index in [0.717, 1.165) is 18.3 Å². The molecule has 1 nitrogen and oxygen atoms in total. The smallest absolute Gasteiger partial charge is 0.00238 e. The lowest BCUT2D eigenvalue weighted by molar-refractivity contribution is 0.414. The van der Waals surface area contributed by atoms with Crippen molar-refractivity contribution in [2.75, 3.05) is 4.43 Å². The summed E-state index contributed by atoms with van der Waals surface area (Å²) in [5.41, 5.74) is 6.48. The quantitative estimate of drug-likeness (QED) is 0.322. The van der Waals surface area contributed by atoms with Gasteiger partial charge < -0.3 is 5.73 Å². The maximum absolute atomic E-state index is 5.28. The van der Waals surface area contributed by atoms with Crippen molar-refractivity contribution in [1.29, 1.82) is 0 Å². The van der Waals surface area contributed by atoms with Crippen LogP contribution in [0.1, 0.15) is 46.0 Å². The van der Waals surface area contributed by atoms with E-state index in [1.165, 1.54) is 35.7 Å². The van der Waals surface area contributed by atoms with Crippen LogP contribution in [0.3, 0.4) is 0 Å². The summed E-state index contributed by atoms with van der Waals surface area (Å²) in [7, 11) is 0. The second-order valence-electron chi connectivity index (χ2n) is 5.05. The fourth-order valence-electron chi connectivity index (χ4n) is 1.75. The molecule has 2 unspecified atom stereocenters. The van der Waals surface area contributed by atoms with Gasteiger partial charge in [0.25, 0.3) is 0 Å². The Hall–Kier alpha value is -0.250. The summed E-state index contributed by atoms with van der Waals surface area (Å²) in [5.74, 6) is 1.71. The molecule has 0 heterocycles. The summed E-state index contributed by atoms with van der Waals surface area (Å²) in [4.78, 5) is 0. The second-order valence-corrected chi connectivity index (χ2v) is 5.93. The van der Waals surface area contributed by atoms with E-state index >= 15 is 0 Å². The molecule has 0 spiro atoms. The molecular weight excluding hydrogens is 333 g/mol. The summed E-state index contributed by atoms with van der Waals surface area (Å²) >= 11 is 2.51. The zero-order chi connectivity index (χ0) is 13.8. The van der Waals surface area contributed by atoms with Crippen molar-refractivity contribution in [3.05, 3.63) is 36.6 Å². The molecule has 0 aliphatic rings. The highest BCUT2D eigenvalue weighted by Crippen LogP contribution is 2.22. The molecule has 0 aliphatic carbocycles. The molecular formula is C16H28IN. The summed E-state index contributed by atoms with van der Waals surface area (Å²) in [6.45, 7) is 8.71. The van der Waals surface area contributed by atoms with Crippen LogP contribution in [0.5, 0.6) is 0 Å². The predicted molar refractivity (Wildman–Crippen MR) is 91.9 cm³/mol. The van der Waals surface area contributed by atoms with Crippen LogP contribution < -0.4 is 5.73 Å². The molecule has 0 aliphatic heterocycles. The van der Waals surface area contributed by atoms with E-state index in [4.69, 9.17) is 5.73 Å². The fourth-order valence-corrected chi connectivity index (χ4v) is 2.63. The summed E-state index contributed by atoms with van der Waals surface area (Å²) in [6, 6.07) is 0. The Kier molecular flexibility index (Phi) is 11.7. The molecule has 0 fully saturated rings. The molecule has 0 radical (unpaired) electrons. The van der Waals surface area contributed by atoms with E-state index in [9.17, 15) is 0 Å². The monoisotopic (exact) mass is 361 g/mol. The summed E-state index contributed by atoms with van der Waals surface area (Å²) < 4.78 is 1.26. The molecule has 0 amide bonds. The van der Waals surface area contributed by atoms with Crippen molar-refractivity contribution >= 4 is 22.6 Å². The third-order valence-electron chi connectivity index (χ3n) is 3.41. The molecule has 0 saturated carbocycles. The lowest BCUT2D eigenvalue weighted by Gasteiger charge is -2.16. The van der Waals surface area contributed by atoms with Crippen molar-refractivity contribution < 1.29 is 0 Å². The zero-order valence-electron chi connectivity index (χ0n) is 11.9. The van der Waals surface area contributed by atoms with Crippen LogP contribution in [0, 0.1) is 11.8 Å². The van der Waals surface area contributed by atoms with Crippen molar-refractivity contribution in [1.82, 2.24) is 0 Å². The van der Waals surface area contributed by atoms with Crippen molar-refractivity contribution in [3.63, 3.8) is 0 Å². The average Bonchev–Trinajstić information content (AvgIpc) is 2.38. The molecule has 2 atom stereocenters. The van der Waals surface area contributed by atoms with E-state index in [1.807, 2.05) is 12.2 Å². The average molecular weight is 361 g/mol. The molecule has 18 heavy (non-hydrogen) atoms. The van der Waals surface area contributed by atoms with Gasteiger partial charge in [-0.1, -0.05) is 73.6 Å². The van der Waals surface area contributed by atoms with Gasteiger partial charge in [-0.3, -0.25) is 0 Å². The van der Waals surface area contributed by atoms with E-state index in [-0.39, 0.29) is 0 Å². The van der Waals surface area contributed by atoms with Gasteiger partial charge in [0.15, 0.2) is 0 Å². The highest BCUT2D eigenvalue weighted by atomic mass is 127. The SMILES string of the molecule is C=C(/C=C\C=C/N)CCC(CI)CCC(C)CC. The molecule has 0 aromatic carbocycles. The number of alkyl halides is 1. The van der Waals surface area contributed by atoms with E-state index in [0.29, 0.717) is 0 Å². The van der Waals surface area contributed by atoms with Gasteiger partial charge in [0.2, 0.25) is 0 Å². The van der Waals surface area contributed by atoms with Crippen LogP contribution in [-0.2, 0) is 0 Å². The molecule has 0 bridgehead atoms. The Morgan fingerprint density at radius 1 is 1.28 bits per heavy atom. The second kappa shape index (κ2) is 11.8. The summed E-state index contributed by atoms with van der Waals surface area (Å²) in [6.07, 6.45) is 13.8. The van der Waals surface area contributed by atoms with Crippen LogP contribution >= 0.6 is 22.6 Å². The zero-order valence-corrected chi connectivity index (χ0v) is 14.0. The van der Waals surface area contributed by atoms with Gasteiger partial charge in [0.1, 0.15) is 0 Å². The number of hydrogen-bond donors (Lipinski definition) is 1. The Morgan fingerprint density at radius 3 is 2.56 bits per heavy atom. The minimum atomic E-state index is 0.842. The van der Waals surface area contributed by atoms with Gasteiger partial charge in [-0.25, -0.2) is 0 Å². The third-order valence-corrected chi connectivity index (χ3v) is 4.66. The van der Waals surface area contributed by atoms with Gasteiger partial charge in [-0.2, -0.15) is 0 Å². The van der Waals surface area contributed by atoms with E-state index in [1.54, 1.807) is 6.20 Å². The lowest BCUT2D eigenvalue weighted by Crippen LogP contribution is -2.05. The maximum Gasteiger partial charge on any atom is 0.00238 e. The first-order chi connectivity index (χ1) is 8.63. The van der Waals surface area contributed by atoms with Crippen LogP contribution in [0.25, 0.3) is 0 Å². The van der Waals surface area contributed by atoms with Crippen molar-refractivity contribution in [3.8, 4) is 0 Å². The minimum Gasteiger partial charge on any atom is -0.405 e. The number of allylic oxidation sites excluding steroid dienone is 4. The number of hydrogen-bond acceptors (Lipinski definition) is 1. The lowest BCUT2D eigenvalue weighted by atomic mass is 9.92. The standard InChI is InChI=1S/C16H28IN/c1-4-14(2)8-10-16(13-17)11-9-15(3)7-5-6-12-18/h5-7,12,14,16H,3-4,8-11,13,18H2,1-2H3/b7-5-,12-6-. The molecule has 2 N–H and O–H groups in total. The first-order valence-electron chi connectivity index (χ1n) is 6.92. The van der Waals surface area contributed by atoms with Gasteiger partial charge in [-0.05, 0) is 43.4 Å². The van der Waals surface area contributed by atoms with Crippen molar-refractivity contribution in [2.45, 2.75) is 46.0 Å². The maximum atomic E-state index is 5.28. The first kappa shape index (κ1) is 17.8.